The number of hydrogen-bond donors (Lipinski definition) is 3. The van der Waals surface area contributed by atoms with Crippen LogP contribution in [0.2, 0.25) is 0 Å². The maximum atomic E-state index is 14.1. The number of benzene rings is 4. The maximum Gasteiger partial charge on any atom is 0.198 e. The van der Waals surface area contributed by atoms with Crippen molar-refractivity contribution in [1.82, 2.24) is 0 Å². The summed E-state index contributed by atoms with van der Waals surface area (Å²) >= 11 is 0. The van der Waals surface area contributed by atoms with Crippen molar-refractivity contribution >= 4 is 11.6 Å². The molecule has 64 heavy (non-hydrogen) atoms. The monoisotopic (exact) mass is 1010 g/mol. The highest BCUT2D eigenvalue weighted by molar-refractivity contribution is 6.30. The van der Waals surface area contributed by atoms with Crippen molar-refractivity contribution < 1.29 is 77.3 Å². The summed E-state index contributed by atoms with van der Waals surface area (Å²) in [6.45, 7) is 10.1. The predicted molar refractivity (Wildman–Crippen MR) is 247 cm³/mol. The molecule has 352 valence electrons. The first kappa shape index (κ1) is 54.9. The second-order valence-corrected chi connectivity index (χ2v) is 17.8. The minimum absolute atomic E-state index is 0. The first-order chi connectivity index (χ1) is 30.2. The lowest BCUT2D eigenvalue weighted by molar-refractivity contribution is -0.941. The molecule has 0 saturated heterocycles. The van der Waals surface area contributed by atoms with E-state index in [1.54, 1.807) is 36.4 Å². The Morgan fingerprint density at radius 2 is 0.812 bits per heavy atom. The van der Waals surface area contributed by atoms with Crippen LogP contribution in [0.1, 0.15) is 145 Å². The summed E-state index contributed by atoms with van der Waals surface area (Å²) in [6.07, 6.45) is 15.7. The second-order valence-electron chi connectivity index (χ2n) is 17.8. The molecular formula is C53H74Br2N2O7. The van der Waals surface area contributed by atoms with Crippen molar-refractivity contribution in [3.63, 3.8) is 0 Å². The minimum Gasteiger partial charge on any atom is -1.00 e. The molecule has 0 atom stereocenters. The summed E-state index contributed by atoms with van der Waals surface area (Å²) in [6, 6.07) is 26.9. The third kappa shape index (κ3) is 15.9. The van der Waals surface area contributed by atoms with Crippen LogP contribution in [0.25, 0.3) is 0 Å². The molecule has 9 nitrogen and oxygen atoms in total. The summed E-state index contributed by atoms with van der Waals surface area (Å²) in [7, 11) is 2.43. The van der Waals surface area contributed by atoms with Gasteiger partial charge in [0.1, 0.15) is 57.4 Å². The van der Waals surface area contributed by atoms with E-state index in [-0.39, 0.29) is 89.7 Å². The third-order valence-corrected chi connectivity index (χ3v) is 12.7. The summed E-state index contributed by atoms with van der Waals surface area (Å²) in [5, 5.41) is 29.1. The Morgan fingerprint density at radius 3 is 1.20 bits per heavy atom. The fraction of sp³-hybridized carbons (Fsp3) is 0.509. The first-order valence-corrected chi connectivity index (χ1v) is 23.5. The lowest BCUT2D eigenvalue weighted by Gasteiger charge is -2.37. The van der Waals surface area contributed by atoms with Gasteiger partial charge < -0.3 is 67.7 Å². The average molecular weight is 1010 g/mol. The molecule has 0 radical (unpaired) electrons. The molecule has 0 unspecified atom stereocenters. The highest BCUT2D eigenvalue weighted by Crippen LogP contribution is 2.39. The Bertz CT molecular complexity index is 1960. The molecule has 0 amide bonds. The number of ketones is 2. The molecule has 0 heterocycles. The first-order valence-electron chi connectivity index (χ1n) is 23.5. The molecule has 4 aromatic carbocycles. The summed E-state index contributed by atoms with van der Waals surface area (Å²) < 4.78 is 14.1. The fourth-order valence-electron chi connectivity index (χ4n) is 9.06. The van der Waals surface area contributed by atoms with Crippen molar-refractivity contribution in [2.24, 2.45) is 0 Å². The molecule has 0 aliphatic heterocycles. The van der Waals surface area contributed by atoms with E-state index in [4.69, 9.17) is 9.47 Å². The number of carbonyl (C=O) groups excluding carboxylic acids is 2. The number of ether oxygens (including phenoxy) is 2. The molecule has 0 aromatic heterocycles. The van der Waals surface area contributed by atoms with Gasteiger partial charge in [-0.1, -0.05) is 138 Å². The Hall–Kier alpha value is -3.42. The maximum absolute atomic E-state index is 14.1. The van der Waals surface area contributed by atoms with Gasteiger partial charge in [-0.25, -0.2) is 0 Å². The average Bonchev–Trinajstić information content (AvgIpc) is 3.27. The van der Waals surface area contributed by atoms with Crippen LogP contribution in [0.5, 0.6) is 11.5 Å². The smallest absolute Gasteiger partial charge is 0.198 e. The van der Waals surface area contributed by atoms with E-state index in [9.17, 15) is 24.9 Å². The van der Waals surface area contributed by atoms with Gasteiger partial charge >= 0.3 is 0 Å². The Labute approximate surface area is 404 Å². The normalized spacial score (nSPS) is 12.3. The van der Waals surface area contributed by atoms with E-state index < -0.39 is 0 Å². The molecule has 3 N–H and O–H groups in total. The molecule has 0 saturated carbocycles. The molecule has 1 aliphatic carbocycles. The van der Waals surface area contributed by atoms with E-state index in [0.29, 0.717) is 53.3 Å². The van der Waals surface area contributed by atoms with Crippen molar-refractivity contribution in [3.8, 4) is 11.5 Å². The van der Waals surface area contributed by atoms with Crippen molar-refractivity contribution in [1.29, 1.82) is 0 Å². The Balaban J connectivity index is 0.00000544. The number of aliphatic hydroxyl groups excluding tert-OH is 3. The summed E-state index contributed by atoms with van der Waals surface area (Å²) in [5.74, 6) is 0.134. The summed E-state index contributed by atoms with van der Waals surface area (Å²) in [4.78, 5) is 28.2. The molecular weight excluding hydrogens is 936 g/mol. The number of unbranched alkanes of at least 4 members (excludes halogenated alkanes) is 10. The van der Waals surface area contributed by atoms with E-state index in [2.05, 4.69) is 45.2 Å². The zero-order valence-electron chi connectivity index (χ0n) is 38.7. The molecule has 11 heteroatoms. The third-order valence-electron chi connectivity index (χ3n) is 12.7. The topological polar surface area (TPSA) is 113 Å². The zero-order chi connectivity index (χ0) is 44.2. The van der Waals surface area contributed by atoms with E-state index >= 15 is 0 Å². The number of hydrogen-bond acceptors (Lipinski definition) is 7. The molecule has 0 spiro atoms. The predicted octanol–water partition coefficient (Wildman–Crippen LogP) is 3.59. The van der Waals surface area contributed by atoms with Crippen LogP contribution >= 0.6 is 0 Å². The number of rotatable bonds is 30. The highest BCUT2D eigenvalue weighted by Gasteiger charge is 2.35. The molecule has 0 fully saturated rings. The van der Waals surface area contributed by atoms with Crippen LogP contribution in [0.15, 0.2) is 84.9 Å². The van der Waals surface area contributed by atoms with Gasteiger partial charge in [0, 0.05) is 22.3 Å². The number of nitrogens with zero attached hydrogens (tertiary/aromatic N) is 2. The second kappa shape index (κ2) is 28.6. The van der Waals surface area contributed by atoms with Gasteiger partial charge in [-0.2, -0.15) is 0 Å². The molecule has 0 bridgehead atoms. The number of quaternary nitrogens is 2. The largest absolute Gasteiger partial charge is 1.00 e. The van der Waals surface area contributed by atoms with Crippen LogP contribution in [0.3, 0.4) is 0 Å². The Morgan fingerprint density at radius 1 is 0.453 bits per heavy atom. The number of carbonyl (C=O) groups is 2. The van der Waals surface area contributed by atoms with Crippen molar-refractivity contribution in [2.45, 2.75) is 117 Å². The van der Waals surface area contributed by atoms with E-state index in [0.717, 1.165) is 27.7 Å². The van der Waals surface area contributed by atoms with Crippen LogP contribution in [0, 0.1) is 0 Å². The lowest BCUT2D eigenvalue weighted by Crippen LogP contribution is -3.00. The number of aliphatic hydroxyl groups is 3. The van der Waals surface area contributed by atoms with Gasteiger partial charge in [-0.3, -0.25) is 9.59 Å². The van der Waals surface area contributed by atoms with Crippen LogP contribution in [0.4, 0.5) is 0 Å². The quantitative estimate of drug-likeness (QED) is 0.0477. The van der Waals surface area contributed by atoms with Crippen molar-refractivity contribution in [2.75, 3.05) is 59.6 Å². The summed E-state index contributed by atoms with van der Waals surface area (Å²) in [5.41, 5.74) is 5.31. The van der Waals surface area contributed by atoms with Gasteiger partial charge in [0.15, 0.2) is 11.6 Å². The molecule has 4 aromatic rings. The van der Waals surface area contributed by atoms with Crippen LogP contribution < -0.4 is 43.4 Å². The zero-order valence-corrected chi connectivity index (χ0v) is 41.9. The molecule has 1 aliphatic rings. The standard InChI is InChI=1S/C53H74N2O7.2BrH/c1-4-6-8-10-12-16-30-54(3,31-17-13-11-9-7-5-2)38-42-20-24-44(25-21-42)40-61-48-28-29-49(51-50(48)52(59)46-18-14-15-19-47(46)53(51)60)62-41-45-26-22-43(23-27-45)39-55(32-35-56,33-36-57)34-37-58;;/h14-15,18-29,56-58H,4-13,16-17,30-41H2,1-3H3;2*1H/q+2;;/p-2. The molecule has 5 rings (SSSR count). The van der Waals surface area contributed by atoms with Gasteiger partial charge in [0.25, 0.3) is 0 Å². The van der Waals surface area contributed by atoms with E-state index in [1.807, 2.05) is 24.3 Å². The van der Waals surface area contributed by atoms with Gasteiger partial charge in [0.2, 0.25) is 0 Å². The van der Waals surface area contributed by atoms with Gasteiger partial charge in [-0.15, -0.1) is 0 Å². The fourth-order valence-corrected chi connectivity index (χ4v) is 9.06. The van der Waals surface area contributed by atoms with Crippen LogP contribution in [-0.2, 0) is 26.3 Å². The number of halogens is 2. The van der Waals surface area contributed by atoms with Gasteiger partial charge in [-0.05, 0) is 48.9 Å². The minimum atomic E-state index is -0.274. The SMILES string of the molecule is CCCCCCCC[N+](C)(CCCCCCCC)Cc1ccc(COc2ccc(OCc3ccc(C[N+](CCO)(CCO)CCO)cc3)c3c2C(=O)c2ccccc2C3=O)cc1.[Br-].[Br-]. The van der Waals surface area contributed by atoms with E-state index in [1.165, 1.54) is 95.7 Å². The Kier molecular flexibility index (Phi) is 24.5. The lowest BCUT2D eigenvalue weighted by atomic mass is 9.83. The van der Waals surface area contributed by atoms with Crippen molar-refractivity contribution in [3.05, 3.63) is 129 Å². The van der Waals surface area contributed by atoms with Gasteiger partial charge in [0.05, 0.1) is 51.1 Å². The number of fused-ring (bicyclic) bond motifs is 2. The highest BCUT2D eigenvalue weighted by atomic mass is 79.9. The van der Waals surface area contributed by atoms with Crippen LogP contribution in [-0.4, -0.2) is 95.4 Å².